The molecule has 90 valence electrons. The standard InChI is InChI=1S/C12H25NO2/c1-2-3-4-5-6-7-8-12(15)11-13-9-10-14/h6-7,12-15H,2-5,8-11H2,1H3/b7-6+. The fourth-order valence-electron chi connectivity index (χ4n) is 1.31. The van der Waals surface area contributed by atoms with Crippen LogP contribution in [-0.2, 0) is 0 Å². The summed E-state index contributed by atoms with van der Waals surface area (Å²) in [6.45, 7) is 3.43. The molecule has 0 amide bonds. The van der Waals surface area contributed by atoms with Gasteiger partial charge >= 0.3 is 0 Å². The van der Waals surface area contributed by atoms with E-state index < -0.39 is 0 Å². The highest BCUT2D eigenvalue weighted by Crippen LogP contribution is 2.01. The molecule has 0 aromatic heterocycles. The Morgan fingerprint density at radius 1 is 1.27 bits per heavy atom. The van der Waals surface area contributed by atoms with E-state index in [0.717, 1.165) is 6.42 Å². The van der Waals surface area contributed by atoms with Crippen molar-refractivity contribution in [3.8, 4) is 0 Å². The number of aliphatic hydroxyl groups is 2. The van der Waals surface area contributed by atoms with Crippen molar-refractivity contribution >= 4 is 0 Å². The molecule has 3 heteroatoms. The number of rotatable bonds is 10. The van der Waals surface area contributed by atoms with Gasteiger partial charge < -0.3 is 15.5 Å². The first-order valence-electron chi connectivity index (χ1n) is 5.95. The number of nitrogens with one attached hydrogen (secondary N) is 1. The minimum Gasteiger partial charge on any atom is -0.395 e. The van der Waals surface area contributed by atoms with Gasteiger partial charge in [-0.3, -0.25) is 0 Å². The summed E-state index contributed by atoms with van der Waals surface area (Å²) in [5, 5.41) is 21.0. The second-order valence-electron chi connectivity index (χ2n) is 3.78. The van der Waals surface area contributed by atoms with Crippen LogP contribution in [0.4, 0.5) is 0 Å². The van der Waals surface area contributed by atoms with Crippen molar-refractivity contribution in [1.29, 1.82) is 0 Å². The summed E-state index contributed by atoms with van der Waals surface area (Å²) in [6.07, 6.45) is 9.44. The van der Waals surface area contributed by atoms with Gasteiger partial charge in [-0.1, -0.05) is 31.9 Å². The molecule has 0 radical (unpaired) electrons. The van der Waals surface area contributed by atoms with Crippen LogP contribution in [0, 0.1) is 0 Å². The second kappa shape index (κ2) is 11.7. The molecule has 0 saturated carbocycles. The van der Waals surface area contributed by atoms with Crippen molar-refractivity contribution in [2.45, 2.75) is 45.1 Å². The normalized spacial score (nSPS) is 13.5. The molecule has 0 spiro atoms. The molecular formula is C12H25NO2. The quantitative estimate of drug-likeness (QED) is 0.382. The molecule has 0 aliphatic rings. The Morgan fingerprint density at radius 2 is 2.07 bits per heavy atom. The molecule has 3 N–H and O–H groups in total. The fourth-order valence-corrected chi connectivity index (χ4v) is 1.31. The van der Waals surface area contributed by atoms with Crippen LogP contribution < -0.4 is 5.32 Å². The van der Waals surface area contributed by atoms with Crippen LogP contribution in [0.1, 0.15) is 39.0 Å². The van der Waals surface area contributed by atoms with E-state index in [2.05, 4.69) is 18.3 Å². The molecule has 0 aromatic rings. The molecule has 0 aliphatic carbocycles. The molecule has 0 fully saturated rings. The Balaban J connectivity index is 3.24. The third-order valence-electron chi connectivity index (χ3n) is 2.22. The average molecular weight is 215 g/mol. The molecule has 15 heavy (non-hydrogen) atoms. The molecule has 0 bridgehead atoms. The Morgan fingerprint density at radius 3 is 2.73 bits per heavy atom. The molecule has 3 nitrogen and oxygen atoms in total. The van der Waals surface area contributed by atoms with Gasteiger partial charge in [-0.2, -0.15) is 0 Å². The monoisotopic (exact) mass is 215 g/mol. The largest absolute Gasteiger partial charge is 0.395 e. The van der Waals surface area contributed by atoms with Crippen molar-refractivity contribution in [1.82, 2.24) is 5.32 Å². The van der Waals surface area contributed by atoms with E-state index in [1.165, 1.54) is 19.3 Å². The minimum atomic E-state index is -0.334. The summed E-state index contributed by atoms with van der Waals surface area (Å²) >= 11 is 0. The zero-order chi connectivity index (χ0) is 11.4. The minimum absolute atomic E-state index is 0.125. The van der Waals surface area contributed by atoms with Gasteiger partial charge in [-0.25, -0.2) is 0 Å². The average Bonchev–Trinajstić information content (AvgIpc) is 2.23. The van der Waals surface area contributed by atoms with Gasteiger partial charge in [-0.05, 0) is 19.3 Å². The first-order valence-corrected chi connectivity index (χ1v) is 5.95. The summed E-state index contributed by atoms with van der Waals surface area (Å²) in [6, 6.07) is 0. The molecule has 0 aliphatic heterocycles. The van der Waals surface area contributed by atoms with E-state index >= 15 is 0 Å². The summed E-state index contributed by atoms with van der Waals surface area (Å²) in [7, 11) is 0. The Bertz CT molecular complexity index is 149. The van der Waals surface area contributed by atoms with E-state index in [0.29, 0.717) is 19.5 Å². The predicted molar refractivity (Wildman–Crippen MR) is 63.9 cm³/mol. The lowest BCUT2D eigenvalue weighted by Gasteiger charge is -2.08. The van der Waals surface area contributed by atoms with Gasteiger partial charge in [-0.15, -0.1) is 0 Å². The van der Waals surface area contributed by atoms with Crippen molar-refractivity contribution in [2.75, 3.05) is 19.7 Å². The van der Waals surface area contributed by atoms with Crippen LogP contribution in [0.2, 0.25) is 0 Å². The second-order valence-corrected chi connectivity index (χ2v) is 3.78. The van der Waals surface area contributed by atoms with Crippen molar-refractivity contribution in [3.05, 3.63) is 12.2 Å². The molecular weight excluding hydrogens is 190 g/mol. The predicted octanol–water partition coefficient (Wildman–Crippen LogP) is 1.46. The lowest BCUT2D eigenvalue weighted by Crippen LogP contribution is -2.28. The van der Waals surface area contributed by atoms with Crippen LogP contribution >= 0.6 is 0 Å². The molecule has 1 unspecified atom stereocenters. The Labute approximate surface area is 93.2 Å². The van der Waals surface area contributed by atoms with Gasteiger partial charge in [0.05, 0.1) is 12.7 Å². The zero-order valence-electron chi connectivity index (χ0n) is 9.78. The van der Waals surface area contributed by atoms with Crippen molar-refractivity contribution in [2.24, 2.45) is 0 Å². The molecule has 1 atom stereocenters. The number of aliphatic hydroxyl groups excluding tert-OH is 2. The first-order chi connectivity index (χ1) is 7.31. The summed E-state index contributed by atoms with van der Waals surface area (Å²) in [5.41, 5.74) is 0. The maximum atomic E-state index is 9.48. The summed E-state index contributed by atoms with van der Waals surface area (Å²) in [4.78, 5) is 0. The van der Waals surface area contributed by atoms with E-state index in [1.54, 1.807) is 0 Å². The summed E-state index contributed by atoms with van der Waals surface area (Å²) < 4.78 is 0. The van der Waals surface area contributed by atoms with Gasteiger partial charge in [0.15, 0.2) is 0 Å². The van der Waals surface area contributed by atoms with E-state index in [9.17, 15) is 5.11 Å². The van der Waals surface area contributed by atoms with Gasteiger partial charge in [0.2, 0.25) is 0 Å². The van der Waals surface area contributed by atoms with Crippen molar-refractivity contribution in [3.63, 3.8) is 0 Å². The highest BCUT2D eigenvalue weighted by molar-refractivity contribution is 4.84. The van der Waals surface area contributed by atoms with Gasteiger partial charge in [0.1, 0.15) is 0 Å². The number of hydrogen-bond donors (Lipinski definition) is 3. The molecule has 0 aromatic carbocycles. The lowest BCUT2D eigenvalue weighted by atomic mass is 10.1. The smallest absolute Gasteiger partial charge is 0.0698 e. The van der Waals surface area contributed by atoms with E-state index in [4.69, 9.17) is 5.11 Å². The topological polar surface area (TPSA) is 52.5 Å². The van der Waals surface area contributed by atoms with Crippen LogP contribution in [0.3, 0.4) is 0 Å². The Kier molecular flexibility index (Phi) is 11.4. The number of unbranched alkanes of at least 4 members (excludes halogenated alkanes) is 3. The molecule has 0 saturated heterocycles. The first kappa shape index (κ1) is 14.6. The molecule has 0 heterocycles. The highest BCUT2D eigenvalue weighted by Gasteiger charge is 1.99. The fraction of sp³-hybridized carbons (Fsp3) is 0.833. The van der Waals surface area contributed by atoms with E-state index in [-0.39, 0.29) is 12.7 Å². The van der Waals surface area contributed by atoms with Gasteiger partial charge in [0.25, 0.3) is 0 Å². The molecule has 0 rings (SSSR count). The zero-order valence-corrected chi connectivity index (χ0v) is 9.78. The summed E-state index contributed by atoms with van der Waals surface area (Å²) in [5.74, 6) is 0. The Hall–Kier alpha value is -0.380. The maximum absolute atomic E-state index is 9.48. The van der Waals surface area contributed by atoms with Crippen LogP contribution in [0.25, 0.3) is 0 Å². The van der Waals surface area contributed by atoms with Crippen molar-refractivity contribution < 1.29 is 10.2 Å². The maximum Gasteiger partial charge on any atom is 0.0698 e. The van der Waals surface area contributed by atoms with Gasteiger partial charge in [0, 0.05) is 13.1 Å². The lowest BCUT2D eigenvalue weighted by molar-refractivity contribution is 0.171. The highest BCUT2D eigenvalue weighted by atomic mass is 16.3. The number of allylic oxidation sites excluding steroid dienone is 1. The third-order valence-corrected chi connectivity index (χ3v) is 2.22. The number of hydrogen-bond acceptors (Lipinski definition) is 3. The van der Waals surface area contributed by atoms with Crippen LogP contribution in [0.5, 0.6) is 0 Å². The SMILES string of the molecule is CCCCC/C=C/CC(O)CNCCO. The van der Waals surface area contributed by atoms with E-state index in [1.807, 2.05) is 6.08 Å². The van der Waals surface area contributed by atoms with Crippen LogP contribution in [-0.4, -0.2) is 36.0 Å². The van der Waals surface area contributed by atoms with Crippen LogP contribution in [0.15, 0.2) is 12.2 Å². The third kappa shape index (κ3) is 11.5.